The standard InChI is InChI=1S/C21H29N7O14P2.C6H5NO2/c22-17-12-19(25-7-24-17)28(8-26-12)21-16(32)14(30)11(41-21)6-39-44(36,37)42-43(34,35)38-5-10-13(29)15(31)20(40-10)27-3-1-2-9(4-27)18(23)33;8-6(9)5-1-3-7-4-2-5/h1,3-4,7-8,10-11,13-16,20-21,29-32H,2,5-6H2,(H2,23,33)(H,34,35)(H,36,37)(H2,22,24,25);1-4H,(H,8,9)/t10-,11-,13-,14-,15-,16-,20-,21-;/m1./s1. The Labute approximate surface area is 297 Å². The number of phosphoric acid groups is 2. The molecule has 3 aromatic heterocycles. The van der Waals surface area contributed by atoms with Crippen LogP contribution < -0.4 is 11.5 Å². The lowest BCUT2D eigenvalue weighted by Crippen LogP contribution is -2.40. The minimum atomic E-state index is -5.37. The van der Waals surface area contributed by atoms with Gasteiger partial charge in [0.15, 0.2) is 23.9 Å². The lowest BCUT2D eigenvalue weighted by atomic mass is 10.1. The summed E-state index contributed by atoms with van der Waals surface area (Å²) in [4.78, 5) is 58.5. The largest absolute Gasteiger partial charge is 0.481 e. The first-order valence-corrected chi connectivity index (χ1v) is 18.2. The molecule has 26 heteroatoms. The van der Waals surface area contributed by atoms with Crippen LogP contribution in [0.5, 0.6) is 0 Å². The minimum absolute atomic E-state index is 0.0517. The maximum absolute atomic E-state index is 12.4. The second kappa shape index (κ2) is 16.4. The van der Waals surface area contributed by atoms with Crippen molar-refractivity contribution in [2.75, 3.05) is 18.9 Å². The summed E-state index contributed by atoms with van der Waals surface area (Å²) in [6.07, 6.45) is -1.98. The van der Waals surface area contributed by atoms with Gasteiger partial charge in [0.1, 0.15) is 48.5 Å². The van der Waals surface area contributed by atoms with Crippen LogP contribution in [0.25, 0.3) is 11.2 Å². The van der Waals surface area contributed by atoms with Gasteiger partial charge in [-0.05, 0) is 18.6 Å². The lowest BCUT2D eigenvalue weighted by Gasteiger charge is -2.28. The number of carboxylic acid groups (broad SMARTS) is 1. The fourth-order valence-electron chi connectivity index (χ4n) is 5.17. The van der Waals surface area contributed by atoms with E-state index in [2.05, 4.69) is 24.2 Å². The van der Waals surface area contributed by atoms with Gasteiger partial charge in [0.25, 0.3) is 0 Å². The van der Waals surface area contributed by atoms with Crippen molar-refractivity contribution in [3.05, 3.63) is 66.8 Å². The highest BCUT2D eigenvalue weighted by atomic mass is 31.3. The van der Waals surface area contributed by atoms with Crippen molar-refractivity contribution in [3.8, 4) is 0 Å². The van der Waals surface area contributed by atoms with E-state index in [1.54, 1.807) is 6.08 Å². The number of nitrogens with two attached hydrogens (primary N) is 2. The number of fused-ring (bicyclic) bond motifs is 1. The number of pyridine rings is 1. The van der Waals surface area contributed by atoms with Crippen LogP contribution in [0.4, 0.5) is 5.82 Å². The number of nitrogens with zero attached hydrogens (tertiary/aromatic N) is 6. The number of aliphatic hydroxyl groups excluding tert-OH is 4. The van der Waals surface area contributed by atoms with Gasteiger partial charge in [-0.15, -0.1) is 0 Å². The molecule has 288 valence electrons. The summed E-state index contributed by atoms with van der Waals surface area (Å²) in [5.74, 6) is -1.58. The maximum Gasteiger partial charge on any atom is 0.481 e. The summed E-state index contributed by atoms with van der Waals surface area (Å²) in [7, 11) is -10.7. The first-order chi connectivity index (χ1) is 25.0. The Morgan fingerprint density at radius 3 is 2.06 bits per heavy atom. The predicted molar refractivity (Wildman–Crippen MR) is 173 cm³/mol. The van der Waals surface area contributed by atoms with Crippen molar-refractivity contribution in [2.45, 2.75) is 55.5 Å². The van der Waals surface area contributed by atoms with E-state index in [0.29, 0.717) is 0 Å². The average Bonchev–Trinajstić information content (AvgIpc) is 3.76. The number of aliphatic hydroxyl groups is 4. The van der Waals surface area contributed by atoms with Crippen LogP contribution >= 0.6 is 15.6 Å². The van der Waals surface area contributed by atoms with Crippen LogP contribution in [0, 0.1) is 0 Å². The van der Waals surface area contributed by atoms with E-state index in [1.807, 2.05) is 0 Å². The number of anilines is 1. The number of phosphoric ester groups is 2. The molecule has 1 amide bonds. The average molecular weight is 789 g/mol. The molecule has 0 saturated carbocycles. The molecule has 3 aromatic rings. The SMILES string of the molecule is NC(=O)C1=CN([C@@H]2O[C@H](COP(=O)(O)OP(=O)(O)OC[C@H]3O[C@@H](n4cnc5c(N)ncnc54)[C@H](O)[C@@H]3O)[C@@H](O)[C@H]2O)C=CC1.O=C(O)c1ccncc1. The van der Waals surface area contributed by atoms with E-state index in [9.17, 15) is 48.9 Å². The van der Waals surface area contributed by atoms with Crippen molar-refractivity contribution < 1.29 is 76.9 Å². The summed E-state index contributed by atoms with van der Waals surface area (Å²) in [5.41, 5.74) is 11.8. The number of nitrogen functional groups attached to an aromatic ring is 1. The topological polar surface area (TPSA) is 368 Å². The minimum Gasteiger partial charge on any atom is -0.478 e. The molecule has 0 aliphatic carbocycles. The first-order valence-electron chi connectivity index (χ1n) is 15.2. The van der Waals surface area contributed by atoms with Gasteiger partial charge >= 0.3 is 21.6 Å². The molecule has 0 aromatic carbocycles. The molecular weight excluding hydrogens is 754 g/mol. The second-order valence-electron chi connectivity index (χ2n) is 11.4. The number of aromatic nitrogens is 5. The number of hydrogen-bond donors (Lipinski definition) is 9. The summed E-state index contributed by atoms with van der Waals surface area (Å²) in [6.45, 7) is -1.79. The van der Waals surface area contributed by atoms with Gasteiger partial charge < -0.3 is 61.2 Å². The molecule has 53 heavy (non-hydrogen) atoms. The molecule has 0 radical (unpaired) electrons. The van der Waals surface area contributed by atoms with Gasteiger partial charge in [0, 0.05) is 30.4 Å². The summed E-state index contributed by atoms with van der Waals surface area (Å²) in [5, 5.41) is 50.0. The molecule has 0 spiro atoms. The van der Waals surface area contributed by atoms with Gasteiger partial charge in [0.2, 0.25) is 5.91 Å². The van der Waals surface area contributed by atoms with Gasteiger partial charge in [-0.25, -0.2) is 28.9 Å². The molecule has 2 saturated heterocycles. The van der Waals surface area contributed by atoms with E-state index in [-0.39, 0.29) is 34.5 Å². The van der Waals surface area contributed by atoms with Crippen molar-refractivity contribution in [3.63, 3.8) is 0 Å². The highest BCUT2D eigenvalue weighted by molar-refractivity contribution is 7.61. The molecule has 0 bridgehead atoms. The second-order valence-corrected chi connectivity index (χ2v) is 14.4. The number of allylic oxidation sites excluding steroid dienone is 1. The molecule has 24 nitrogen and oxygen atoms in total. The number of amides is 1. The Morgan fingerprint density at radius 1 is 0.906 bits per heavy atom. The van der Waals surface area contributed by atoms with E-state index in [1.165, 1.54) is 52.7 Å². The zero-order valence-corrected chi connectivity index (χ0v) is 28.8. The predicted octanol–water partition coefficient (Wildman–Crippen LogP) is -1.91. The Balaban J connectivity index is 0.000000526. The molecular formula is C27H34N8O16P2. The third-order valence-electron chi connectivity index (χ3n) is 7.80. The molecule has 3 aliphatic rings. The van der Waals surface area contributed by atoms with E-state index >= 15 is 0 Å². The quantitative estimate of drug-likeness (QED) is 0.0904. The number of primary amides is 1. The molecule has 6 heterocycles. The number of carbonyl (C=O) groups is 2. The third-order valence-corrected chi connectivity index (χ3v) is 10.4. The summed E-state index contributed by atoms with van der Waals surface area (Å²) >= 11 is 0. The molecule has 11 N–H and O–H groups in total. The van der Waals surface area contributed by atoms with Gasteiger partial charge in [0.05, 0.1) is 25.1 Å². The fourth-order valence-corrected chi connectivity index (χ4v) is 7.26. The van der Waals surface area contributed by atoms with Crippen molar-refractivity contribution in [1.29, 1.82) is 0 Å². The Bertz CT molecular complexity index is 1950. The maximum atomic E-state index is 12.4. The van der Waals surface area contributed by atoms with Crippen LogP contribution in [0.3, 0.4) is 0 Å². The number of rotatable bonds is 12. The molecule has 3 aliphatic heterocycles. The zero-order chi connectivity index (χ0) is 38.7. The monoisotopic (exact) mass is 788 g/mol. The van der Waals surface area contributed by atoms with E-state index in [4.69, 9.17) is 35.1 Å². The number of ether oxygens (including phenoxy) is 2. The van der Waals surface area contributed by atoms with Crippen molar-refractivity contribution in [2.24, 2.45) is 5.73 Å². The van der Waals surface area contributed by atoms with E-state index < -0.39 is 89.8 Å². The molecule has 2 fully saturated rings. The number of aromatic carboxylic acids is 1. The molecule has 6 rings (SSSR count). The Morgan fingerprint density at radius 2 is 1.49 bits per heavy atom. The molecule has 10 atom stereocenters. The van der Waals surface area contributed by atoms with Crippen LogP contribution in [-0.2, 0) is 36.8 Å². The lowest BCUT2D eigenvalue weighted by molar-refractivity contribution is -0.115. The normalized spacial score (nSPS) is 29.2. The number of imidazole rings is 1. The van der Waals surface area contributed by atoms with Crippen LogP contribution in [0.2, 0.25) is 0 Å². The number of carbonyl (C=O) groups excluding carboxylic acids is 1. The van der Waals surface area contributed by atoms with Crippen LogP contribution in [0.15, 0.2) is 61.2 Å². The van der Waals surface area contributed by atoms with Crippen LogP contribution in [-0.4, -0.2) is 133 Å². The van der Waals surface area contributed by atoms with Gasteiger partial charge in [-0.1, -0.05) is 6.08 Å². The summed E-state index contributed by atoms with van der Waals surface area (Å²) < 4.78 is 50.8. The van der Waals surface area contributed by atoms with Crippen molar-refractivity contribution >= 4 is 44.5 Å². The number of carboxylic acids is 1. The number of hydrogen-bond acceptors (Lipinski definition) is 19. The van der Waals surface area contributed by atoms with Gasteiger partial charge in [-0.3, -0.25) is 23.4 Å². The Kier molecular flexibility index (Phi) is 12.4. The van der Waals surface area contributed by atoms with E-state index in [0.717, 1.165) is 6.33 Å². The highest BCUT2D eigenvalue weighted by Gasteiger charge is 2.48. The van der Waals surface area contributed by atoms with Gasteiger partial charge in [-0.2, -0.15) is 4.31 Å². The fraction of sp³-hybridized carbons (Fsp3) is 0.407. The Hall–Kier alpha value is -4.26. The first kappa shape index (κ1) is 39.9. The van der Waals surface area contributed by atoms with Crippen molar-refractivity contribution in [1.82, 2.24) is 29.4 Å². The zero-order valence-electron chi connectivity index (χ0n) is 27.0. The molecule has 2 unspecified atom stereocenters. The summed E-state index contributed by atoms with van der Waals surface area (Å²) in [6, 6.07) is 2.89. The van der Waals surface area contributed by atoms with Crippen LogP contribution in [0.1, 0.15) is 23.0 Å². The smallest absolute Gasteiger partial charge is 0.478 e. The highest BCUT2D eigenvalue weighted by Crippen LogP contribution is 2.60. The third kappa shape index (κ3) is 9.46.